The standard InChI is InChI=1S/C14H14O3/c1-8-12(16-2)7-6-10-9-4-3-5-11(9)14(15)17-13(8)10/h6-7H,3-5H2,1-2H3. The molecule has 2 aromatic rings. The zero-order chi connectivity index (χ0) is 12.0. The van der Waals surface area contributed by atoms with E-state index in [1.165, 1.54) is 5.56 Å². The third-order valence-electron chi connectivity index (χ3n) is 3.56. The molecule has 3 heteroatoms. The molecule has 0 saturated carbocycles. The van der Waals surface area contributed by atoms with Gasteiger partial charge in [0.1, 0.15) is 11.3 Å². The van der Waals surface area contributed by atoms with Crippen molar-refractivity contribution in [2.75, 3.05) is 7.11 Å². The van der Waals surface area contributed by atoms with Gasteiger partial charge < -0.3 is 9.15 Å². The molecule has 0 unspecified atom stereocenters. The Kier molecular flexibility index (Phi) is 2.21. The van der Waals surface area contributed by atoms with Crippen molar-refractivity contribution in [3.8, 4) is 5.75 Å². The van der Waals surface area contributed by atoms with Crippen molar-refractivity contribution >= 4 is 11.0 Å². The first kappa shape index (κ1) is 10.4. The van der Waals surface area contributed by atoms with E-state index in [9.17, 15) is 4.79 Å². The summed E-state index contributed by atoms with van der Waals surface area (Å²) in [5.74, 6) is 0.763. The van der Waals surface area contributed by atoms with E-state index in [1.54, 1.807) is 7.11 Å². The third-order valence-corrected chi connectivity index (χ3v) is 3.56. The molecule has 0 atom stereocenters. The van der Waals surface area contributed by atoms with Crippen LogP contribution in [0.4, 0.5) is 0 Å². The summed E-state index contributed by atoms with van der Waals surface area (Å²) in [6.07, 6.45) is 2.87. The predicted molar refractivity (Wildman–Crippen MR) is 65.8 cm³/mol. The summed E-state index contributed by atoms with van der Waals surface area (Å²) in [6, 6.07) is 3.94. The van der Waals surface area contributed by atoms with Crippen molar-refractivity contribution in [2.45, 2.75) is 26.2 Å². The maximum absolute atomic E-state index is 11.9. The van der Waals surface area contributed by atoms with E-state index in [0.29, 0.717) is 5.58 Å². The van der Waals surface area contributed by atoms with E-state index >= 15 is 0 Å². The fraction of sp³-hybridized carbons (Fsp3) is 0.357. The molecule has 1 heterocycles. The van der Waals surface area contributed by atoms with Crippen LogP contribution in [0.25, 0.3) is 11.0 Å². The molecule has 0 N–H and O–H groups in total. The Morgan fingerprint density at radius 3 is 2.76 bits per heavy atom. The molecule has 0 fully saturated rings. The van der Waals surface area contributed by atoms with Gasteiger partial charge >= 0.3 is 5.63 Å². The van der Waals surface area contributed by atoms with Gasteiger partial charge in [0.2, 0.25) is 0 Å². The van der Waals surface area contributed by atoms with Crippen LogP contribution in [0, 0.1) is 6.92 Å². The summed E-state index contributed by atoms with van der Waals surface area (Å²) in [5, 5.41) is 1.07. The highest BCUT2D eigenvalue weighted by Gasteiger charge is 2.20. The Morgan fingerprint density at radius 1 is 1.24 bits per heavy atom. The number of hydrogen-bond acceptors (Lipinski definition) is 3. The Balaban J connectivity index is 2.45. The highest BCUT2D eigenvalue weighted by atomic mass is 16.5. The van der Waals surface area contributed by atoms with Gasteiger partial charge in [0.05, 0.1) is 7.11 Å². The summed E-state index contributed by atoms with van der Waals surface area (Å²) in [6.45, 7) is 1.92. The Bertz CT molecular complexity index is 653. The van der Waals surface area contributed by atoms with Crippen LogP contribution in [0.3, 0.4) is 0 Å². The number of methoxy groups -OCH3 is 1. The Hall–Kier alpha value is -1.77. The fourth-order valence-corrected chi connectivity index (χ4v) is 2.68. The van der Waals surface area contributed by atoms with E-state index in [1.807, 2.05) is 19.1 Å². The molecule has 88 valence electrons. The molecule has 1 aromatic heterocycles. The van der Waals surface area contributed by atoms with Crippen LogP contribution in [-0.2, 0) is 12.8 Å². The molecule has 1 aliphatic rings. The number of benzene rings is 1. The molecule has 1 aliphatic carbocycles. The van der Waals surface area contributed by atoms with Crippen molar-refractivity contribution in [2.24, 2.45) is 0 Å². The first-order valence-corrected chi connectivity index (χ1v) is 5.84. The van der Waals surface area contributed by atoms with Crippen LogP contribution in [-0.4, -0.2) is 7.11 Å². The number of fused-ring (bicyclic) bond motifs is 3. The fourth-order valence-electron chi connectivity index (χ4n) is 2.68. The maximum Gasteiger partial charge on any atom is 0.339 e. The van der Waals surface area contributed by atoms with Crippen molar-refractivity contribution < 1.29 is 9.15 Å². The molecule has 0 radical (unpaired) electrons. The number of rotatable bonds is 1. The van der Waals surface area contributed by atoms with Gasteiger partial charge in [-0.3, -0.25) is 0 Å². The lowest BCUT2D eigenvalue weighted by Crippen LogP contribution is -2.07. The smallest absolute Gasteiger partial charge is 0.339 e. The van der Waals surface area contributed by atoms with Gasteiger partial charge in [-0.2, -0.15) is 0 Å². The molecular weight excluding hydrogens is 216 g/mol. The van der Waals surface area contributed by atoms with Gasteiger partial charge in [0, 0.05) is 16.5 Å². The second kappa shape index (κ2) is 3.62. The zero-order valence-electron chi connectivity index (χ0n) is 10.0. The van der Waals surface area contributed by atoms with E-state index in [0.717, 1.165) is 41.5 Å². The second-order valence-corrected chi connectivity index (χ2v) is 4.47. The highest BCUT2D eigenvalue weighted by molar-refractivity contribution is 5.86. The topological polar surface area (TPSA) is 39.4 Å². The molecular formula is C14H14O3. The van der Waals surface area contributed by atoms with Gasteiger partial charge in [-0.1, -0.05) is 0 Å². The van der Waals surface area contributed by atoms with Crippen LogP contribution in [0.5, 0.6) is 5.75 Å². The third kappa shape index (κ3) is 1.38. The summed E-state index contributed by atoms with van der Waals surface area (Å²) < 4.78 is 10.7. The minimum absolute atomic E-state index is 0.179. The van der Waals surface area contributed by atoms with Gasteiger partial charge in [0.15, 0.2) is 0 Å². The zero-order valence-corrected chi connectivity index (χ0v) is 10.0. The van der Waals surface area contributed by atoms with Gasteiger partial charge in [-0.25, -0.2) is 4.79 Å². The number of aryl methyl sites for hydroxylation is 2. The average molecular weight is 230 g/mol. The molecule has 3 nitrogen and oxygen atoms in total. The summed E-state index contributed by atoms with van der Waals surface area (Å²) in [4.78, 5) is 11.9. The van der Waals surface area contributed by atoms with Crippen molar-refractivity contribution in [3.63, 3.8) is 0 Å². The Morgan fingerprint density at radius 2 is 2.00 bits per heavy atom. The van der Waals surface area contributed by atoms with Crippen LogP contribution in [0.15, 0.2) is 21.3 Å². The number of ether oxygens (including phenoxy) is 1. The van der Waals surface area contributed by atoms with Gasteiger partial charge in [-0.15, -0.1) is 0 Å². The molecule has 3 rings (SSSR count). The lowest BCUT2D eigenvalue weighted by atomic mass is 10.0. The Labute approximate surface area is 99.0 Å². The van der Waals surface area contributed by atoms with Crippen LogP contribution in [0.1, 0.15) is 23.1 Å². The highest BCUT2D eigenvalue weighted by Crippen LogP contribution is 2.32. The normalized spacial score (nSPS) is 14.0. The van der Waals surface area contributed by atoms with Crippen molar-refractivity contribution in [1.29, 1.82) is 0 Å². The van der Waals surface area contributed by atoms with Crippen molar-refractivity contribution in [3.05, 3.63) is 39.2 Å². The molecule has 0 saturated heterocycles. The summed E-state index contributed by atoms with van der Waals surface area (Å²) in [7, 11) is 1.62. The molecule has 0 aliphatic heterocycles. The van der Waals surface area contributed by atoms with E-state index in [2.05, 4.69) is 0 Å². The minimum atomic E-state index is -0.179. The predicted octanol–water partition coefficient (Wildman–Crippen LogP) is 2.60. The maximum atomic E-state index is 11.9. The molecule has 0 spiro atoms. The lowest BCUT2D eigenvalue weighted by Gasteiger charge is -2.09. The molecule has 0 bridgehead atoms. The van der Waals surface area contributed by atoms with E-state index in [4.69, 9.17) is 9.15 Å². The van der Waals surface area contributed by atoms with Gasteiger partial charge in [0.25, 0.3) is 0 Å². The summed E-state index contributed by atoms with van der Waals surface area (Å²) >= 11 is 0. The van der Waals surface area contributed by atoms with Gasteiger partial charge in [-0.05, 0) is 43.9 Å². The summed E-state index contributed by atoms with van der Waals surface area (Å²) in [5.41, 5.74) is 3.43. The first-order chi connectivity index (χ1) is 8.22. The largest absolute Gasteiger partial charge is 0.496 e. The molecule has 17 heavy (non-hydrogen) atoms. The average Bonchev–Trinajstić information content (AvgIpc) is 2.81. The minimum Gasteiger partial charge on any atom is -0.496 e. The quantitative estimate of drug-likeness (QED) is 0.707. The monoisotopic (exact) mass is 230 g/mol. The molecule has 0 amide bonds. The molecule has 1 aromatic carbocycles. The first-order valence-electron chi connectivity index (χ1n) is 5.84. The SMILES string of the molecule is COc1ccc2c3c(c(=O)oc2c1C)CCC3. The van der Waals surface area contributed by atoms with Crippen LogP contribution in [0.2, 0.25) is 0 Å². The number of hydrogen-bond donors (Lipinski definition) is 0. The van der Waals surface area contributed by atoms with Crippen LogP contribution < -0.4 is 10.4 Å². The second-order valence-electron chi connectivity index (χ2n) is 4.47. The van der Waals surface area contributed by atoms with E-state index in [-0.39, 0.29) is 5.63 Å². The van der Waals surface area contributed by atoms with E-state index < -0.39 is 0 Å². The van der Waals surface area contributed by atoms with Crippen LogP contribution >= 0.6 is 0 Å². The van der Waals surface area contributed by atoms with Crippen molar-refractivity contribution in [1.82, 2.24) is 0 Å². The lowest BCUT2D eigenvalue weighted by molar-refractivity contribution is 0.410.